The van der Waals surface area contributed by atoms with Gasteiger partial charge in [-0.15, -0.1) is 0 Å². The van der Waals surface area contributed by atoms with Crippen molar-refractivity contribution in [1.29, 1.82) is 0 Å². The first-order chi connectivity index (χ1) is 8.33. The van der Waals surface area contributed by atoms with Crippen molar-refractivity contribution in [2.75, 3.05) is 24.6 Å². The molecule has 0 saturated heterocycles. The second-order valence-corrected chi connectivity index (χ2v) is 3.67. The predicted molar refractivity (Wildman–Crippen MR) is 63.4 cm³/mol. The zero-order chi connectivity index (χ0) is 13.8. The van der Waals surface area contributed by atoms with E-state index in [0.717, 1.165) is 0 Å². The van der Waals surface area contributed by atoms with E-state index in [1.165, 1.54) is 25.2 Å². The highest BCUT2D eigenvalue weighted by molar-refractivity contribution is 5.95. The van der Waals surface area contributed by atoms with Crippen molar-refractivity contribution >= 4 is 17.3 Å². The molecule has 1 aromatic rings. The molecule has 0 aromatic heterocycles. The molecule has 0 aliphatic carbocycles. The lowest BCUT2D eigenvalue weighted by molar-refractivity contribution is -0.131. The number of halogens is 3. The summed E-state index contributed by atoms with van der Waals surface area (Å²) in [5.41, 5.74) is 6.61. The Kier molecular flexibility index (Phi) is 4.41. The van der Waals surface area contributed by atoms with Crippen molar-refractivity contribution in [1.82, 2.24) is 5.32 Å². The van der Waals surface area contributed by atoms with Crippen LogP contribution in [0.4, 0.5) is 24.5 Å². The molecular weight excluding hydrogens is 247 g/mol. The SMILES string of the molecule is CNC(=O)c1ccc(NCCC(F)(F)F)c(N)c1. The zero-order valence-electron chi connectivity index (χ0n) is 9.77. The normalized spacial score (nSPS) is 11.1. The van der Waals surface area contributed by atoms with E-state index in [-0.39, 0.29) is 18.1 Å². The molecule has 1 rings (SSSR count). The highest BCUT2D eigenvalue weighted by atomic mass is 19.4. The van der Waals surface area contributed by atoms with Crippen LogP contribution in [0.25, 0.3) is 0 Å². The Morgan fingerprint density at radius 3 is 2.56 bits per heavy atom. The molecule has 100 valence electrons. The van der Waals surface area contributed by atoms with Gasteiger partial charge < -0.3 is 16.4 Å². The van der Waals surface area contributed by atoms with E-state index in [4.69, 9.17) is 5.73 Å². The second-order valence-electron chi connectivity index (χ2n) is 3.67. The van der Waals surface area contributed by atoms with Crippen LogP contribution in [0.1, 0.15) is 16.8 Å². The van der Waals surface area contributed by atoms with Crippen LogP contribution in [0.3, 0.4) is 0 Å². The third-order valence-electron chi connectivity index (χ3n) is 2.26. The lowest BCUT2D eigenvalue weighted by atomic mass is 10.1. The molecule has 1 aromatic carbocycles. The molecule has 18 heavy (non-hydrogen) atoms. The maximum Gasteiger partial charge on any atom is 0.390 e. The number of hydrogen-bond donors (Lipinski definition) is 3. The number of rotatable bonds is 4. The van der Waals surface area contributed by atoms with Gasteiger partial charge in [-0.25, -0.2) is 0 Å². The molecule has 0 fully saturated rings. The summed E-state index contributed by atoms with van der Waals surface area (Å²) in [5, 5.41) is 5.00. The van der Waals surface area contributed by atoms with E-state index in [9.17, 15) is 18.0 Å². The Hall–Kier alpha value is -1.92. The molecule has 0 aliphatic rings. The number of nitrogen functional groups attached to an aromatic ring is 1. The van der Waals surface area contributed by atoms with Crippen LogP contribution in [-0.4, -0.2) is 25.7 Å². The van der Waals surface area contributed by atoms with Crippen LogP contribution < -0.4 is 16.4 Å². The number of carbonyl (C=O) groups is 1. The van der Waals surface area contributed by atoms with Gasteiger partial charge in [0.15, 0.2) is 0 Å². The van der Waals surface area contributed by atoms with Crippen molar-refractivity contribution in [3.05, 3.63) is 23.8 Å². The number of alkyl halides is 3. The van der Waals surface area contributed by atoms with Gasteiger partial charge in [-0.2, -0.15) is 13.2 Å². The van der Waals surface area contributed by atoms with E-state index in [1.807, 2.05) is 0 Å². The number of benzene rings is 1. The van der Waals surface area contributed by atoms with Gasteiger partial charge in [0.1, 0.15) is 0 Å². The van der Waals surface area contributed by atoms with Crippen LogP contribution in [-0.2, 0) is 0 Å². The standard InChI is InChI=1S/C11H14F3N3O/c1-16-10(18)7-2-3-9(8(15)6-7)17-5-4-11(12,13)14/h2-3,6,17H,4-5,15H2,1H3,(H,16,18). The van der Waals surface area contributed by atoms with Crippen LogP contribution in [0.15, 0.2) is 18.2 Å². The topological polar surface area (TPSA) is 67.2 Å². The summed E-state index contributed by atoms with van der Waals surface area (Å²) in [7, 11) is 1.48. The van der Waals surface area contributed by atoms with Crippen LogP contribution >= 0.6 is 0 Å². The molecule has 0 bridgehead atoms. The Balaban J connectivity index is 2.66. The summed E-state index contributed by atoms with van der Waals surface area (Å²) in [4.78, 5) is 11.3. The maximum absolute atomic E-state index is 12.0. The van der Waals surface area contributed by atoms with Crippen LogP contribution in [0, 0.1) is 0 Å². The van der Waals surface area contributed by atoms with Crippen molar-refractivity contribution in [3.63, 3.8) is 0 Å². The molecular formula is C11H14F3N3O. The predicted octanol–water partition coefficient (Wildman–Crippen LogP) is 1.99. The average molecular weight is 261 g/mol. The molecule has 0 aliphatic heterocycles. The van der Waals surface area contributed by atoms with Crippen molar-refractivity contribution in [2.45, 2.75) is 12.6 Å². The molecule has 1 amide bonds. The molecule has 0 atom stereocenters. The fourth-order valence-corrected chi connectivity index (χ4v) is 1.35. The fourth-order valence-electron chi connectivity index (χ4n) is 1.35. The largest absolute Gasteiger partial charge is 0.397 e. The first-order valence-corrected chi connectivity index (χ1v) is 5.25. The zero-order valence-corrected chi connectivity index (χ0v) is 9.77. The van der Waals surface area contributed by atoms with Crippen LogP contribution in [0.5, 0.6) is 0 Å². The van der Waals surface area contributed by atoms with Gasteiger partial charge in [-0.1, -0.05) is 0 Å². The maximum atomic E-state index is 12.0. The minimum Gasteiger partial charge on any atom is -0.397 e. The van der Waals surface area contributed by atoms with Crippen molar-refractivity contribution in [2.24, 2.45) is 0 Å². The molecule has 4 N–H and O–H groups in total. The van der Waals surface area contributed by atoms with Crippen molar-refractivity contribution < 1.29 is 18.0 Å². The van der Waals surface area contributed by atoms with E-state index >= 15 is 0 Å². The average Bonchev–Trinajstić information content (AvgIpc) is 2.28. The lowest BCUT2D eigenvalue weighted by Gasteiger charge is -2.11. The number of nitrogens with two attached hydrogens (primary N) is 1. The van der Waals surface area contributed by atoms with Gasteiger partial charge in [0.05, 0.1) is 17.8 Å². The third kappa shape index (κ3) is 4.15. The van der Waals surface area contributed by atoms with Gasteiger partial charge >= 0.3 is 6.18 Å². The number of hydrogen-bond acceptors (Lipinski definition) is 3. The Bertz CT molecular complexity index is 432. The molecule has 7 heteroatoms. The highest BCUT2D eigenvalue weighted by Crippen LogP contribution is 2.22. The van der Waals surface area contributed by atoms with Gasteiger partial charge in [0, 0.05) is 19.2 Å². The smallest absolute Gasteiger partial charge is 0.390 e. The number of anilines is 2. The fraction of sp³-hybridized carbons (Fsp3) is 0.364. The van der Waals surface area contributed by atoms with Gasteiger partial charge in [0.25, 0.3) is 5.91 Å². The van der Waals surface area contributed by atoms with E-state index < -0.39 is 12.6 Å². The first-order valence-electron chi connectivity index (χ1n) is 5.25. The minimum atomic E-state index is -4.20. The second kappa shape index (κ2) is 5.61. The molecule has 0 heterocycles. The summed E-state index contributed by atoms with van der Waals surface area (Å²) in [6.45, 7) is -0.257. The molecule has 4 nitrogen and oxygen atoms in total. The Morgan fingerprint density at radius 1 is 1.39 bits per heavy atom. The molecule has 0 saturated carbocycles. The summed E-state index contributed by atoms with van der Waals surface area (Å²) < 4.78 is 35.9. The van der Waals surface area contributed by atoms with Crippen LogP contribution in [0.2, 0.25) is 0 Å². The Labute approximate surface area is 102 Å². The summed E-state index contributed by atoms with van der Waals surface area (Å²) in [6.07, 6.45) is -5.15. The third-order valence-corrected chi connectivity index (χ3v) is 2.26. The number of carbonyl (C=O) groups excluding carboxylic acids is 1. The van der Waals surface area contributed by atoms with Gasteiger partial charge in [-0.3, -0.25) is 4.79 Å². The quantitative estimate of drug-likeness (QED) is 0.726. The number of nitrogens with one attached hydrogen (secondary N) is 2. The Morgan fingerprint density at radius 2 is 2.06 bits per heavy atom. The van der Waals surface area contributed by atoms with E-state index in [2.05, 4.69) is 10.6 Å². The minimum absolute atomic E-state index is 0.235. The monoisotopic (exact) mass is 261 g/mol. The van der Waals surface area contributed by atoms with Crippen molar-refractivity contribution in [3.8, 4) is 0 Å². The first kappa shape index (κ1) is 14.1. The van der Waals surface area contributed by atoms with Gasteiger partial charge in [-0.05, 0) is 18.2 Å². The summed E-state index contributed by atoms with van der Waals surface area (Å²) in [6, 6.07) is 4.39. The number of amides is 1. The molecule has 0 unspecified atom stereocenters. The summed E-state index contributed by atoms with van der Waals surface area (Å²) >= 11 is 0. The van der Waals surface area contributed by atoms with Gasteiger partial charge in [0.2, 0.25) is 0 Å². The summed E-state index contributed by atoms with van der Waals surface area (Å²) in [5.74, 6) is -0.302. The molecule has 0 radical (unpaired) electrons. The lowest BCUT2D eigenvalue weighted by Crippen LogP contribution is -2.18. The highest BCUT2D eigenvalue weighted by Gasteiger charge is 2.26. The van der Waals surface area contributed by atoms with E-state index in [0.29, 0.717) is 11.3 Å². The molecule has 0 spiro atoms. The van der Waals surface area contributed by atoms with E-state index in [1.54, 1.807) is 0 Å².